The Kier molecular flexibility index (Phi) is 5.07. The Morgan fingerprint density at radius 3 is 2.33 bits per heavy atom. The van der Waals surface area contributed by atoms with Crippen molar-refractivity contribution in [2.45, 2.75) is 36.6 Å². The van der Waals surface area contributed by atoms with Crippen molar-refractivity contribution >= 4 is 17.6 Å². The van der Waals surface area contributed by atoms with Crippen molar-refractivity contribution in [3.05, 3.63) is 35.7 Å². The maximum absolute atomic E-state index is 5.19. The van der Waals surface area contributed by atoms with Crippen LogP contribution in [0.1, 0.15) is 31.2 Å². The Morgan fingerprint density at radius 2 is 1.81 bits per heavy atom. The third-order valence-electron chi connectivity index (χ3n) is 3.15. The van der Waals surface area contributed by atoms with Gasteiger partial charge in [0.2, 0.25) is 0 Å². The van der Waals surface area contributed by atoms with E-state index in [-0.39, 0.29) is 0 Å². The van der Waals surface area contributed by atoms with E-state index in [0.717, 1.165) is 32.9 Å². The van der Waals surface area contributed by atoms with Gasteiger partial charge in [0.05, 0.1) is 7.11 Å². The second-order valence-corrected chi connectivity index (χ2v) is 6.11. The molecule has 4 nitrogen and oxygen atoms in total. The van der Waals surface area contributed by atoms with E-state index in [0.29, 0.717) is 5.92 Å². The molecule has 112 valence electrons. The molecule has 0 spiro atoms. The first-order valence-electron chi connectivity index (χ1n) is 6.93. The summed E-state index contributed by atoms with van der Waals surface area (Å²) in [6.07, 6.45) is 0. The van der Waals surface area contributed by atoms with Gasteiger partial charge in [-0.25, -0.2) is 9.97 Å². The van der Waals surface area contributed by atoms with E-state index in [1.54, 1.807) is 18.9 Å². The maximum Gasteiger partial charge on any atom is 0.134 e. The van der Waals surface area contributed by atoms with Crippen molar-refractivity contribution in [2.75, 3.05) is 19.5 Å². The minimum Gasteiger partial charge on any atom is -0.497 e. The highest BCUT2D eigenvalue weighted by Gasteiger charge is 2.13. The molecule has 0 amide bonds. The van der Waals surface area contributed by atoms with Crippen molar-refractivity contribution < 1.29 is 4.74 Å². The second-order valence-electron chi connectivity index (χ2n) is 5.04. The minimum absolute atomic E-state index is 0.299. The largest absolute Gasteiger partial charge is 0.497 e. The smallest absolute Gasteiger partial charge is 0.134 e. The van der Waals surface area contributed by atoms with Gasteiger partial charge in [-0.3, -0.25) is 0 Å². The van der Waals surface area contributed by atoms with Gasteiger partial charge in [0.1, 0.15) is 22.4 Å². The number of aromatic nitrogens is 2. The molecule has 0 aliphatic heterocycles. The molecular formula is C16H21N3OS. The highest BCUT2D eigenvalue weighted by molar-refractivity contribution is 7.99. The van der Waals surface area contributed by atoms with Crippen molar-refractivity contribution in [3.63, 3.8) is 0 Å². The molecule has 0 bridgehead atoms. The van der Waals surface area contributed by atoms with Crippen LogP contribution in [0, 0.1) is 6.92 Å². The van der Waals surface area contributed by atoms with Gasteiger partial charge in [0, 0.05) is 23.4 Å². The Morgan fingerprint density at radius 1 is 1.14 bits per heavy atom. The quantitative estimate of drug-likeness (QED) is 0.842. The van der Waals surface area contributed by atoms with E-state index in [2.05, 4.69) is 24.1 Å². The van der Waals surface area contributed by atoms with E-state index >= 15 is 0 Å². The number of rotatable bonds is 5. The lowest BCUT2D eigenvalue weighted by Gasteiger charge is -2.13. The zero-order chi connectivity index (χ0) is 15.4. The van der Waals surface area contributed by atoms with Gasteiger partial charge in [-0.05, 0) is 31.2 Å². The van der Waals surface area contributed by atoms with Crippen LogP contribution in [0.25, 0.3) is 0 Å². The Hall–Kier alpha value is -1.75. The van der Waals surface area contributed by atoms with Crippen molar-refractivity contribution in [1.82, 2.24) is 9.97 Å². The topological polar surface area (TPSA) is 47.0 Å². The zero-order valence-electron chi connectivity index (χ0n) is 13.1. The predicted octanol–water partition coefficient (Wildman–Crippen LogP) is 4.11. The minimum atomic E-state index is 0.299. The highest BCUT2D eigenvalue weighted by atomic mass is 32.2. The molecule has 1 aromatic heterocycles. The number of nitrogens with one attached hydrogen (secondary N) is 1. The molecule has 0 saturated heterocycles. The van der Waals surface area contributed by atoms with Gasteiger partial charge < -0.3 is 10.1 Å². The molecule has 0 aliphatic carbocycles. The average molecular weight is 303 g/mol. The molecule has 0 fully saturated rings. The Bertz CT molecular complexity index is 612. The number of nitrogens with zero attached hydrogens (tertiary/aromatic N) is 2. The number of hydrogen-bond acceptors (Lipinski definition) is 5. The van der Waals surface area contributed by atoms with Crippen LogP contribution in [0.2, 0.25) is 0 Å². The van der Waals surface area contributed by atoms with Crippen LogP contribution >= 0.6 is 11.8 Å². The summed E-state index contributed by atoms with van der Waals surface area (Å²) in [6, 6.07) is 8.00. The van der Waals surface area contributed by atoms with E-state index in [4.69, 9.17) is 9.72 Å². The summed E-state index contributed by atoms with van der Waals surface area (Å²) >= 11 is 1.65. The van der Waals surface area contributed by atoms with Crippen LogP contribution in [0.15, 0.2) is 34.2 Å². The fourth-order valence-electron chi connectivity index (χ4n) is 1.87. The van der Waals surface area contributed by atoms with Gasteiger partial charge in [-0.2, -0.15) is 0 Å². The molecule has 0 saturated carbocycles. The van der Waals surface area contributed by atoms with E-state index in [1.165, 1.54) is 0 Å². The Labute approximate surface area is 130 Å². The standard InChI is InChI=1S/C16H21N3OS/c1-10(2)14-18-15(17-4)11(3)16(19-14)21-13-8-6-12(20-5)7-9-13/h6-10H,1-5H3,(H,17,18,19). The highest BCUT2D eigenvalue weighted by Crippen LogP contribution is 2.33. The van der Waals surface area contributed by atoms with E-state index in [1.807, 2.05) is 38.2 Å². The van der Waals surface area contributed by atoms with Gasteiger partial charge in [-0.15, -0.1) is 0 Å². The lowest BCUT2D eigenvalue weighted by atomic mass is 10.2. The fraction of sp³-hybridized carbons (Fsp3) is 0.375. The van der Waals surface area contributed by atoms with Crippen LogP contribution < -0.4 is 10.1 Å². The van der Waals surface area contributed by atoms with Crippen LogP contribution in [0.5, 0.6) is 5.75 Å². The van der Waals surface area contributed by atoms with Gasteiger partial charge in [0.25, 0.3) is 0 Å². The third kappa shape index (κ3) is 3.67. The van der Waals surface area contributed by atoms with Crippen LogP contribution in [0.3, 0.4) is 0 Å². The van der Waals surface area contributed by atoms with Crippen LogP contribution in [-0.2, 0) is 0 Å². The molecule has 2 aromatic rings. The van der Waals surface area contributed by atoms with Gasteiger partial charge >= 0.3 is 0 Å². The summed E-state index contributed by atoms with van der Waals surface area (Å²) in [4.78, 5) is 10.4. The monoisotopic (exact) mass is 303 g/mol. The van der Waals surface area contributed by atoms with Crippen LogP contribution in [0.4, 0.5) is 5.82 Å². The fourth-order valence-corrected chi connectivity index (χ4v) is 2.75. The number of benzene rings is 1. The number of anilines is 1. The first kappa shape index (κ1) is 15.6. The van der Waals surface area contributed by atoms with Crippen LogP contribution in [-0.4, -0.2) is 24.1 Å². The summed E-state index contributed by atoms with van der Waals surface area (Å²) in [5, 5.41) is 4.14. The third-order valence-corrected chi connectivity index (χ3v) is 4.24. The molecule has 0 unspecified atom stereocenters. The molecule has 0 aliphatic rings. The molecule has 1 heterocycles. The molecule has 0 atom stereocenters. The molecule has 0 radical (unpaired) electrons. The van der Waals surface area contributed by atoms with Gasteiger partial charge in [-0.1, -0.05) is 25.6 Å². The summed E-state index contributed by atoms with van der Waals surface area (Å²) in [5.41, 5.74) is 1.07. The van der Waals surface area contributed by atoms with E-state index in [9.17, 15) is 0 Å². The summed E-state index contributed by atoms with van der Waals surface area (Å²) in [7, 11) is 3.56. The number of ether oxygens (including phenoxy) is 1. The second kappa shape index (κ2) is 6.80. The average Bonchev–Trinajstić information content (AvgIpc) is 2.49. The predicted molar refractivity (Wildman–Crippen MR) is 87.5 cm³/mol. The normalized spacial score (nSPS) is 10.8. The van der Waals surface area contributed by atoms with Gasteiger partial charge in [0.15, 0.2) is 0 Å². The molecular weight excluding hydrogens is 282 g/mol. The van der Waals surface area contributed by atoms with E-state index < -0.39 is 0 Å². The molecule has 21 heavy (non-hydrogen) atoms. The summed E-state index contributed by atoms with van der Waals surface area (Å²) in [6.45, 7) is 6.25. The first-order valence-corrected chi connectivity index (χ1v) is 7.75. The van der Waals surface area contributed by atoms with Crippen molar-refractivity contribution in [1.29, 1.82) is 0 Å². The maximum atomic E-state index is 5.19. The Balaban J connectivity index is 2.35. The SMILES string of the molecule is CNc1nc(C(C)C)nc(Sc2ccc(OC)cc2)c1C. The van der Waals surface area contributed by atoms with Crippen molar-refractivity contribution in [2.24, 2.45) is 0 Å². The summed E-state index contributed by atoms with van der Waals surface area (Å²) in [5.74, 6) is 2.91. The lowest BCUT2D eigenvalue weighted by Crippen LogP contribution is -2.06. The first-order chi connectivity index (χ1) is 10.0. The summed E-state index contributed by atoms with van der Waals surface area (Å²) < 4.78 is 5.19. The number of hydrogen-bond donors (Lipinski definition) is 1. The lowest BCUT2D eigenvalue weighted by molar-refractivity contribution is 0.414. The molecule has 1 aromatic carbocycles. The molecule has 5 heteroatoms. The number of methoxy groups -OCH3 is 1. The molecule has 1 N–H and O–H groups in total. The van der Waals surface area contributed by atoms with Crippen molar-refractivity contribution in [3.8, 4) is 5.75 Å². The molecule has 2 rings (SSSR count). The zero-order valence-corrected chi connectivity index (χ0v) is 13.9.